The first-order chi connectivity index (χ1) is 14.7. The fraction of sp³-hybridized carbons (Fsp3) is 0.304. The van der Waals surface area contributed by atoms with Gasteiger partial charge < -0.3 is 24.7 Å². The van der Waals surface area contributed by atoms with Crippen LogP contribution in [-0.2, 0) is 9.59 Å². The van der Waals surface area contributed by atoms with E-state index in [9.17, 15) is 19.8 Å². The number of aliphatic hydroxyl groups excluding tert-OH is 1. The second-order valence-corrected chi connectivity index (χ2v) is 8.02. The van der Waals surface area contributed by atoms with Crippen molar-refractivity contribution < 1.29 is 24.5 Å². The van der Waals surface area contributed by atoms with Crippen molar-refractivity contribution >= 4 is 29.1 Å². The van der Waals surface area contributed by atoms with Crippen molar-refractivity contribution in [1.82, 2.24) is 9.80 Å². The summed E-state index contributed by atoms with van der Waals surface area (Å²) in [4.78, 5) is 29.3. The summed E-state index contributed by atoms with van der Waals surface area (Å²) in [6.45, 7) is 1.06. The predicted octanol–water partition coefficient (Wildman–Crippen LogP) is 3.43. The maximum atomic E-state index is 13.0. The highest BCUT2D eigenvalue weighted by atomic mass is 35.5. The summed E-state index contributed by atoms with van der Waals surface area (Å²) in [5.41, 5.74) is 0.558. The first-order valence-electron chi connectivity index (χ1n) is 9.80. The molecule has 2 aromatic rings. The number of carbonyl (C=O) groups excluding carboxylic acids is 2. The summed E-state index contributed by atoms with van der Waals surface area (Å²) in [5.74, 6) is -1.57. The largest absolute Gasteiger partial charge is 0.507 e. The Labute approximate surface area is 186 Å². The number of phenolic OH excluding ortho intramolecular Hbond substituents is 1. The van der Waals surface area contributed by atoms with E-state index in [0.29, 0.717) is 24.3 Å². The molecule has 2 N–H and O–H groups in total. The van der Waals surface area contributed by atoms with Crippen molar-refractivity contribution in [2.24, 2.45) is 0 Å². The molecule has 1 aliphatic heterocycles. The normalized spacial score (nSPS) is 18.1. The summed E-state index contributed by atoms with van der Waals surface area (Å²) in [6.07, 6.45) is 0.648. The molecule has 1 aliphatic rings. The number of ether oxygens (including phenoxy) is 1. The number of hydrogen-bond donors (Lipinski definition) is 2. The number of ketones is 1. The topological polar surface area (TPSA) is 90.3 Å². The first kappa shape index (κ1) is 22.7. The quantitative estimate of drug-likeness (QED) is 0.386. The predicted molar refractivity (Wildman–Crippen MR) is 118 cm³/mol. The van der Waals surface area contributed by atoms with Gasteiger partial charge in [-0.2, -0.15) is 0 Å². The molecule has 8 heteroatoms. The van der Waals surface area contributed by atoms with Crippen LogP contribution in [0.15, 0.2) is 48.0 Å². The van der Waals surface area contributed by atoms with Gasteiger partial charge in [0.1, 0.15) is 17.3 Å². The summed E-state index contributed by atoms with van der Waals surface area (Å²) < 4.78 is 5.20. The highest BCUT2D eigenvalue weighted by Crippen LogP contribution is 2.41. The number of amides is 1. The minimum absolute atomic E-state index is 0.00250. The molecule has 164 valence electrons. The van der Waals surface area contributed by atoms with E-state index in [4.69, 9.17) is 16.3 Å². The van der Waals surface area contributed by atoms with Crippen LogP contribution in [0.2, 0.25) is 5.02 Å². The number of methoxy groups -OCH3 is 1. The number of hydrogen-bond acceptors (Lipinski definition) is 6. The molecule has 7 nitrogen and oxygen atoms in total. The molecule has 1 saturated heterocycles. The van der Waals surface area contributed by atoms with Gasteiger partial charge in [0.15, 0.2) is 0 Å². The van der Waals surface area contributed by atoms with Crippen LogP contribution < -0.4 is 4.74 Å². The van der Waals surface area contributed by atoms with Crippen LogP contribution in [0.1, 0.15) is 23.6 Å². The third kappa shape index (κ3) is 4.68. The van der Waals surface area contributed by atoms with E-state index in [1.165, 1.54) is 23.1 Å². The third-order valence-corrected chi connectivity index (χ3v) is 5.42. The van der Waals surface area contributed by atoms with Crippen LogP contribution in [0.5, 0.6) is 11.5 Å². The van der Waals surface area contributed by atoms with Gasteiger partial charge in [0, 0.05) is 11.6 Å². The van der Waals surface area contributed by atoms with E-state index < -0.39 is 23.5 Å². The molecular formula is C23H25ClN2O5. The Morgan fingerprint density at radius 2 is 1.84 bits per heavy atom. The first-order valence-corrected chi connectivity index (χ1v) is 10.2. The van der Waals surface area contributed by atoms with Crippen LogP contribution in [0.4, 0.5) is 0 Å². The highest BCUT2D eigenvalue weighted by Gasteiger charge is 2.46. The summed E-state index contributed by atoms with van der Waals surface area (Å²) in [6, 6.07) is 10.3. The van der Waals surface area contributed by atoms with E-state index in [-0.39, 0.29) is 21.9 Å². The number of nitrogens with zero attached hydrogens (tertiary/aromatic N) is 2. The van der Waals surface area contributed by atoms with Crippen molar-refractivity contribution in [3.8, 4) is 11.5 Å². The number of phenols is 1. The Morgan fingerprint density at radius 1 is 1.16 bits per heavy atom. The highest BCUT2D eigenvalue weighted by molar-refractivity contribution is 6.46. The second kappa shape index (κ2) is 9.41. The second-order valence-electron chi connectivity index (χ2n) is 7.58. The van der Waals surface area contributed by atoms with Crippen molar-refractivity contribution in [1.29, 1.82) is 0 Å². The van der Waals surface area contributed by atoms with Crippen molar-refractivity contribution in [3.05, 3.63) is 64.2 Å². The number of Topliss-reactive ketones (excluding diaryl/α,β-unsaturated/α-hetero) is 1. The molecule has 1 heterocycles. The molecule has 31 heavy (non-hydrogen) atoms. The van der Waals surface area contributed by atoms with E-state index in [0.717, 1.165) is 6.54 Å². The van der Waals surface area contributed by atoms with Gasteiger partial charge in [-0.05, 0) is 63.0 Å². The summed E-state index contributed by atoms with van der Waals surface area (Å²) in [5, 5.41) is 21.5. The van der Waals surface area contributed by atoms with Crippen molar-refractivity contribution in [2.45, 2.75) is 12.5 Å². The van der Waals surface area contributed by atoms with Crippen LogP contribution >= 0.6 is 11.6 Å². The number of likely N-dealkylation sites (tertiary alicyclic amines) is 1. The Bertz CT molecular complexity index is 1020. The van der Waals surface area contributed by atoms with E-state index in [2.05, 4.69) is 0 Å². The van der Waals surface area contributed by atoms with Gasteiger partial charge in [-0.25, -0.2) is 0 Å². The molecule has 1 amide bonds. The molecule has 0 aromatic heterocycles. The molecule has 0 saturated carbocycles. The van der Waals surface area contributed by atoms with Crippen LogP contribution in [-0.4, -0.2) is 66.0 Å². The molecule has 0 aliphatic carbocycles. The monoisotopic (exact) mass is 444 g/mol. The van der Waals surface area contributed by atoms with E-state index >= 15 is 0 Å². The molecule has 1 atom stereocenters. The zero-order chi connectivity index (χ0) is 22.7. The lowest BCUT2D eigenvalue weighted by atomic mass is 9.95. The molecular weight excluding hydrogens is 420 g/mol. The molecule has 0 unspecified atom stereocenters. The maximum Gasteiger partial charge on any atom is 0.295 e. The SMILES string of the molecule is COc1ccc([C@H]2C(=C(O)c3cc(Cl)ccc3O)C(=O)C(=O)N2CCCN(C)C)cc1. The lowest BCUT2D eigenvalue weighted by molar-refractivity contribution is -0.139. The Hall–Kier alpha value is -3.03. The number of carbonyl (C=O) groups is 2. The Kier molecular flexibility index (Phi) is 6.87. The van der Waals surface area contributed by atoms with Gasteiger partial charge in [-0.3, -0.25) is 9.59 Å². The van der Waals surface area contributed by atoms with Crippen LogP contribution in [0, 0.1) is 0 Å². The standard InChI is InChI=1S/C23H25ClN2O5/c1-25(2)11-4-12-26-20(14-5-8-16(31-3)9-6-14)19(22(29)23(26)30)21(28)17-13-15(24)7-10-18(17)27/h5-10,13,20,27-28H,4,11-12H2,1-3H3/t20-/m0/s1. The molecule has 2 aromatic carbocycles. The van der Waals surface area contributed by atoms with Crippen LogP contribution in [0.3, 0.4) is 0 Å². The van der Waals surface area contributed by atoms with Crippen LogP contribution in [0.25, 0.3) is 5.76 Å². The van der Waals surface area contributed by atoms with E-state index in [1.54, 1.807) is 31.4 Å². The molecule has 0 bridgehead atoms. The van der Waals surface area contributed by atoms with Gasteiger partial charge in [0.2, 0.25) is 0 Å². The third-order valence-electron chi connectivity index (χ3n) is 5.19. The van der Waals surface area contributed by atoms with Gasteiger partial charge >= 0.3 is 0 Å². The van der Waals surface area contributed by atoms with E-state index in [1.807, 2.05) is 19.0 Å². The zero-order valence-electron chi connectivity index (χ0n) is 17.6. The zero-order valence-corrected chi connectivity index (χ0v) is 18.4. The smallest absolute Gasteiger partial charge is 0.295 e. The number of halogens is 1. The molecule has 0 spiro atoms. The fourth-order valence-corrected chi connectivity index (χ4v) is 3.82. The molecule has 0 radical (unpaired) electrons. The lowest BCUT2D eigenvalue weighted by Crippen LogP contribution is -2.32. The number of benzene rings is 2. The fourth-order valence-electron chi connectivity index (χ4n) is 3.64. The minimum atomic E-state index is -0.803. The number of rotatable bonds is 7. The van der Waals surface area contributed by atoms with Crippen molar-refractivity contribution in [3.63, 3.8) is 0 Å². The van der Waals surface area contributed by atoms with Gasteiger partial charge in [0.25, 0.3) is 11.7 Å². The molecule has 3 rings (SSSR count). The average Bonchev–Trinajstić information content (AvgIpc) is 2.99. The van der Waals surface area contributed by atoms with Crippen molar-refractivity contribution in [2.75, 3.05) is 34.3 Å². The van der Waals surface area contributed by atoms with Gasteiger partial charge in [0.05, 0.1) is 24.3 Å². The Morgan fingerprint density at radius 3 is 2.45 bits per heavy atom. The average molecular weight is 445 g/mol. The number of aromatic hydroxyl groups is 1. The molecule has 1 fully saturated rings. The minimum Gasteiger partial charge on any atom is -0.507 e. The lowest BCUT2D eigenvalue weighted by Gasteiger charge is -2.26. The summed E-state index contributed by atoms with van der Waals surface area (Å²) >= 11 is 6.02. The van der Waals surface area contributed by atoms with Gasteiger partial charge in [-0.1, -0.05) is 23.7 Å². The maximum absolute atomic E-state index is 13.0. The summed E-state index contributed by atoms with van der Waals surface area (Å²) in [7, 11) is 5.40. The van der Waals surface area contributed by atoms with Gasteiger partial charge in [-0.15, -0.1) is 0 Å². The Balaban J connectivity index is 2.13. The number of aliphatic hydroxyl groups is 1.